The number of allylic oxidation sites excluding steroid dienone is 1. The molecule has 0 aromatic heterocycles. The first-order chi connectivity index (χ1) is 5.59. The van der Waals surface area contributed by atoms with Gasteiger partial charge in [0.25, 0.3) is 0 Å². The Kier molecular flexibility index (Phi) is 2.93. The molecule has 0 radical (unpaired) electrons. The third kappa shape index (κ3) is 2.38. The maximum absolute atomic E-state index is 5.97. The van der Waals surface area contributed by atoms with Crippen LogP contribution in [-0.4, -0.2) is 0 Å². The topological polar surface area (TPSA) is 0 Å². The number of aryl methyl sites for hydroxylation is 1. The summed E-state index contributed by atoms with van der Waals surface area (Å²) in [6.07, 6.45) is 0.917. The van der Waals surface area contributed by atoms with Crippen molar-refractivity contribution in [1.29, 1.82) is 0 Å². The summed E-state index contributed by atoms with van der Waals surface area (Å²) in [6, 6.07) is 6.14. The summed E-state index contributed by atoms with van der Waals surface area (Å²) in [7, 11) is 0. The SMILES string of the molecule is C=C(C)Cc1ccc(C)c(Cl)c1. The second kappa shape index (κ2) is 3.77. The molecule has 0 saturated heterocycles. The van der Waals surface area contributed by atoms with Gasteiger partial charge in [-0.3, -0.25) is 0 Å². The molecule has 0 aliphatic rings. The van der Waals surface area contributed by atoms with Gasteiger partial charge in [0.05, 0.1) is 0 Å². The Hall–Kier alpha value is -0.750. The van der Waals surface area contributed by atoms with E-state index in [4.69, 9.17) is 11.6 Å². The number of hydrogen-bond acceptors (Lipinski definition) is 0. The van der Waals surface area contributed by atoms with Gasteiger partial charge in [0.1, 0.15) is 0 Å². The van der Waals surface area contributed by atoms with Gasteiger partial charge < -0.3 is 0 Å². The Balaban J connectivity index is 2.89. The summed E-state index contributed by atoms with van der Waals surface area (Å²) in [4.78, 5) is 0. The van der Waals surface area contributed by atoms with Crippen LogP contribution < -0.4 is 0 Å². The van der Waals surface area contributed by atoms with Gasteiger partial charge in [0, 0.05) is 5.02 Å². The fourth-order valence-corrected chi connectivity index (χ4v) is 1.30. The van der Waals surface area contributed by atoms with E-state index in [2.05, 4.69) is 12.6 Å². The molecule has 0 heterocycles. The highest BCUT2D eigenvalue weighted by molar-refractivity contribution is 6.31. The third-order valence-electron chi connectivity index (χ3n) is 1.74. The molecule has 1 heteroatoms. The van der Waals surface area contributed by atoms with Crippen molar-refractivity contribution in [1.82, 2.24) is 0 Å². The molecule has 0 atom stereocenters. The monoisotopic (exact) mass is 180 g/mol. The van der Waals surface area contributed by atoms with Gasteiger partial charge in [-0.25, -0.2) is 0 Å². The third-order valence-corrected chi connectivity index (χ3v) is 2.15. The Bertz CT molecular complexity index is 300. The molecule has 1 aromatic carbocycles. The van der Waals surface area contributed by atoms with Crippen molar-refractivity contribution in [2.75, 3.05) is 0 Å². The summed E-state index contributed by atoms with van der Waals surface area (Å²) in [5, 5.41) is 0.841. The summed E-state index contributed by atoms with van der Waals surface area (Å²) < 4.78 is 0. The Morgan fingerprint density at radius 3 is 2.67 bits per heavy atom. The van der Waals surface area contributed by atoms with E-state index >= 15 is 0 Å². The number of rotatable bonds is 2. The maximum Gasteiger partial charge on any atom is 0.0438 e. The van der Waals surface area contributed by atoms with E-state index in [9.17, 15) is 0 Å². The van der Waals surface area contributed by atoms with Crippen molar-refractivity contribution in [3.63, 3.8) is 0 Å². The lowest BCUT2D eigenvalue weighted by molar-refractivity contribution is 1.15. The van der Waals surface area contributed by atoms with Crippen molar-refractivity contribution in [2.45, 2.75) is 20.3 Å². The summed E-state index contributed by atoms with van der Waals surface area (Å²) in [6.45, 7) is 7.89. The molecule has 0 bridgehead atoms. The second-order valence-corrected chi connectivity index (χ2v) is 3.62. The lowest BCUT2D eigenvalue weighted by atomic mass is 10.1. The van der Waals surface area contributed by atoms with E-state index in [0.717, 1.165) is 22.6 Å². The maximum atomic E-state index is 5.97. The summed E-state index contributed by atoms with van der Waals surface area (Å²) in [5.74, 6) is 0. The first-order valence-electron chi connectivity index (χ1n) is 3.99. The van der Waals surface area contributed by atoms with Crippen molar-refractivity contribution < 1.29 is 0 Å². The van der Waals surface area contributed by atoms with E-state index < -0.39 is 0 Å². The van der Waals surface area contributed by atoms with Crippen LogP contribution in [0.2, 0.25) is 5.02 Å². The Morgan fingerprint density at radius 2 is 2.17 bits per heavy atom. The van der Waals surface area contributed by atoms with Gasteiger partial charge in [-0.15, -0.1) is 0 Å². The van der Waals surface area contributed by atoms with Crippen molar-refractivity contribution in [2.24, 2.45) is 0 Å². The highest BCUT2D eigenvalue weighted by Crippen LogP contribution is 2.18. The van der Waals surface area contributed by atoms with Crippen LogP contribution in [0.15, 0.2) is 30.4 Å². The summed E-state index contributed by atoms with van der Waals surface area (Å²) >= 11 is 5.97. The van der Waals surface area contributed by atoms with Crippen molar-refractivity contribution in [3.8, 4) is 0 Å². The van der Waals surface area contributed by atoms with Crippen LogP contribution in [0.1, 0.15) is 18.1 Å². The first kappa shape index (κ1) is 9.34. The molecular weight excluding hydrogens is 168 g/mol. The largest absolute Gasteiger partial charge is 0.0998 e. The molecule has 0 unspecified atom stereocenters. The average Bonchev–Trinajstić information content (AvgIpc) is 1.96. The normalized spacial score (nSPS) is 9.92. The van der Waals surface area contributed by atoms with Gasteiger partial charge in [0.2, 0.25) is 0 Å². The lowest BCUT2D eigenvalue weighted by Crippen LogP contribution is -1.86. The van der Waals surface area contributed by atoms with E-state index in [1.165, 1.54) is 5.56 Å². The minimum atomic E-state index is 0.841. The van der Waals surface area contributed by atoms with Gasteiger partial charge >= 0.3 is 0 Å². The van der Waals surface area contributed by atoms with Crippen LogP contribution in [0.3, 0.4) is 0 Å². The molecule has 0 nitrogen and oxygen atoms in total. The van der Waals surface area contributed by atoms with E-state index in [0.29, 0.717) is 0 Å². The predicted octanol–water partition coefficient (Wildman–Crippen LogP) is 3.77. The molecule has 0 N–H and O–H groups in total. The number of halogens is 1. The van der Waals surface area contributed by atoms with Crippen LogP contribution in [-0.2, 0) is 6.42 Å². The zero-order valence-electron chi connectivity index (χ0n) is 7.52. The van der Waals surface area contributed by atoms with E-state index in [1.54, 1.807) is 0 Å². The zero-order chi connectivity index (χ0) is 9.14. The molecular formula is C11H13Cl. The minimum absolute atomic E-state index is 0.841. The zero-order valence-corrected chi connectivity index (χ0v) is 8.28. The highest BCUT2D eigenvalue weighted by atomic mass is 35.5. The molecule has 0 fully saturated rings. The number of hydrogen-bond donors (Lipinski definition) is 0. The van der Waals surface area contributed by atoms with Gasteiger partial charge in [-0.05, 0) is 37.5 Å². The van der Waals surface area contributed by atoms with Gasteiger partial charge in [0.15, 0.2) is 0 Å². The molecule has 1 rings (SSSR count). The Morgan fingerprint density at radius 1 is 1.50 bits per heavy atom. The predicted molar refractivity (Wildman–Crippen MR) is 54.7 cm³/mol. The van der Waals surface area contributed by atoms with Crippen LogP contribution in [0, 0.1) is 6.92 Å². The molecule has 0 aliphatic carbocycles. The molecule has 1 aromatic rings. The summed E-state index contributed by atoms with van der Waals surface area (Å²) in [5.41, 5.74) is 3.52. The Labute approximate surface area is 78.9 Å². The molecule has 0 saturated carbocycles. The fraction of sp³-hybridized carbons (Fsp3) is 0.273. The second-order valence-electron chi connectivity index (χ2n) is 3.22. The standard InChI is InChI=1S/C11H13Cl/c1-8(2)6-10-5-4-9(3)11(12)7-10/h4-5,7H,1,6H2,2-3H3. The van der Waals surface area contributed by atoms with Crippen LogP contribution in [0.25, 0.3) is 0 Å². The van der Waals surface area contributed by atoms with Gasteiger partial charge in [-0.1, -0.05) is 35.9 Å². The van der Waals surface area contributed by atoms with Crippen molar-refractivity contribution >= 4 is 11.6 Å². The molecule has 0 aliphatic heterocycles. The fourth-order valence-electron chi connectivity index (χ4n) is 1.09. The van der Waals surface area contributed by atoms with Crippen LogP contribution >= 0.6 is 11.6 Å². The van der Waals surface area contributed by atoms with E-state index in [1.807, 2.05) is 26.0 Å². The molecule has 0 spiro atoms. The minimum Gasteiger partial charge on any atom is -0.0998 e. The van der Waals surface area contributed by atoms with Crippen LogP contribution in [0.5, 0.6) is 0 Å². The molecule has 0 amide bonds. The quantitative estimate of drug-likeness (QED) is 0.608. The first-order valence-corrected chi connectivity index (χ1v) is 4.37. The smallest absolute Gasteiger partial charge is 0.0438 e. The highest BCUT2D eigenvalue weighted by Gasteiger charge is 1.97. The molecule has 64 valence electrons. The van der Waals surface area contributed by atoms with E-state index in [-0.39, 0.29) is 0 Å². The number of benzene rings is 1. The lowest BCUT2D eigenvalue weighted by Gasteiger charge is -2.02. The molecule has 12 heavy (non-hydrogen) atoms. The van der Waals surface area contributed by atoms with Gasteiger partial charge in [-0.2, -0.15) is 0 Å². The van der Waals surface area contributed by atoms with Crippen molar-refractivity contribution in [3.05, 3.63) is 46.5 Å². The van der Waals surface area contributed by atoms with Crippen LogP contribution in [0.4, 0.5) is 0 Å². The average molecular weight is 181 g/mol.